The van der Waals surface area contributed by atoms with E-state index in [0.717, 1.165) is 10.2 Å². The molecule has 3 heteroatoms. The Hall–Kier alpha value is -1.06. The summed E-state index contributed by atoms with van der Waals surface area (Å²) in [5, 5.41) is 2.54. The molecular formula is C12H8BrNS. The molecule has 3 rings (SSSR count). The van der Waals surface area contributed by atoms with Crippen LogP contribution in [0.2, 0.25) is 0 Å². The van der Waals surface area contributed by atoms with E-state index in [0.29, 0.717) is 0 Å². The van der Waals surface area contributed by atoms with Gasteiger partial charge < -0.3 is 5.73 Å². The summed E-state index contributed by atoms with van der Waals surface area (Å²) in [6, 6.07) is 12.5. The van der Waals surface area contributed by atoms with Crippen LogP contribution in [0, 0.1) is 0 Å². The molecule has 74 valence electrons. The second kappa shape index (κ2) is 3.22. The molecular weight excluding hydrogens is 270 g/mol. The Morgan fingerprint density at radius 3 is 2.67 bits per heavy atom. The molecule has 0 aliphatic heterocycles. The van der Waals surface area contributed by atoms with Crippen LogP contribution < -0.4 is 5.73 Å². The highest BCUT2D eigenvalue weighted by Crippen LogP contribution is 2.39. The summed E-state index contributed by atoms with van der Waals surface area (Å²) >= 11 is 5.20. The number of nitrogen functional groups attached to an aromatic ring is 1. The summed E-state index contributed by atoms with van der Waals surface area (Å²) in [6.07, 6.45) is 0. The van der Waals surface area contributed by atoms with Crippen molar-refractivity contribution < 1.29 is 0 Å². The SMILES string of the molecule is Nc1c(Br)ccc2c1sc1ccccc12. The minimum atomic E-state index is 0.841. The molecule has 15 heavy (non-hydrogen) atoms. The molecule has 0 amide bonds. The van der Waals surface area contributed by atoms with Crippen molar-refractivity contribution in [1.29, 1.82) is 0 Å². The van der Waals surface area contributed by atoms with Crippen LogP contribution >= 0.6 is 27.3 Å². The van der Waals surface area contributed by atoms with Crippen LogP contribution in [-0.4, -0.2) is 0 Å². The maximum atomic E-state index is 6.05. The van der Waals surface area contributed by atoms with Gasteiger partial charge in [0.1, 0.15) is 0 Å². The number of anilines is 1. The predicted octanol–water partition coefficient (Wildman–Crippen LogP) is 4.40. The first-order chi connectivity index (χ1) is 7.27. The molecule has 1 heterocycles. The minimum absolute atomic E-state index is 0.841. The van der Waals surface area contributed by atoms with Crippen molar-refractivity contribution in [2.24, 2.45) is 0 Å². The van der Waals surface area contributed by atoms with Gasteiger partial charge in [0.25, 0.3) is 0 Å². The first-order valence-corrected chi connectivity index (χ1v) is 6.23. The van der Waals surface area contributed by atoms with Crippen molar-refractivity contribution in [2.75, 3.05) is 5.73 Å². The smallest absolute Gasteiger partial charge is 0.0640 e. The average Bonchev–Trinajstić information content (AvgIpc) is 2.63. The fraction of sp³-hybridized carbons (Fsp3) is 0. The maximum Gasteiger partial charge on any atom is 0.0640 e. The van der Waals surface area contributed by atoms with Gasteiger partial charge in [-0.25, -0.2) is 0 Å². The van der Waals surface area contributed by atoms with Gasteiger partial charge in [-0.05, 0) is 28.1 Å². The van der Waals surface area contributed by atoms with Crippen molar-refractivity contribution in [2.45, 2.75) is 0 Å². The van der Waals surface area contributed by atoms with Gasteiger partial charge in [-0.1, -0.05) is 24.3 Å². The number of nitrogens with two attached hydrogens (primary N) is 1. The average molecular weight is 278 g/mol. The van der Waals surface area contributed by atoms with Crippen LogP contribution in [0.15, 0.2) is 40.9 Å². The molecule has 0 saturated heterocycles. The molecule has 3 aromatic rings. The Morgan fingerprint density at radius 2 is 1.80 bits per heavy atom. The first kappa shape index (κ1) is 9.19. The Balaban J connectivity index is 2.60. The van der Waals surface area contributed by atoms with E-state index in [2.05, 4.69) is 46.3 Å². The van der Waals surface area contributed by atoms with E-state index < -0.39 is 0 Å². The molecule has 1 nitrogen and oxygen atoms in total. The molecule has 0 spiro atoms. The summed E-state index contributed by atoms with van der Waals surface area (Å²) in [4.78, 5) is 0. The Bertz CT molecular complexity index is 657. The van der Waals surface area contributed by atoms with E-state index in [-0.39, 0.29) is 0 Å². The van der Waals surface area contributed by atoms with Crippen LogP contribution in [0.1, 0.15) is 0 Å². The van der Waals surface area contributed by atoms with E-state index in [1.54, 1.807) is 11.3 Å². The number of benzene rings is 2. The van der Waals surface area contributed by atoms with Gasteiger partial charge in [0, 0.05) is 19.9 Å². The van der Waals surface area contributed by atoms with Gasteiger partial charge in [0.2, 0.25) is 0 Å². The van der Waals surface area contributed by atoms with Gasteiger partial charge in [0.05, 0.1) is 10.4 Å². The number of halogens is 1. The van der Waals surface area contributed by atoms with Gasteiger partial charge in [-0.15, -0.1) is 11.3 Å². The number of thiophene rings is 1. The molecule has 0 aliphatic carbocycles. The molecule has 1 aromatic heterocycles. The summed E-state index contributed by atoms with van der Waals surface area (Å²) in [7, 11) is 0. The highest BCUT2D eigenvalue weighted by Gasteiger charge is 2.08. The van der Waals surface area contributed by atoms with Crippen molar-refractivity contribution >= 4 is 53.1 Å². The molecule has 0 aliphatic rings. The highest BCUT2D eigenvalue weighted by molar-refractivity contribution is 9.10. The lowest BCUT2D eigenvalue weighted by Gasteiger charge is -1.98. The van der Waals surface area contributed by atoms with Crippen molar-refractivity contribution in [3.05, 3.63) is 40.9 Å². The predicted molar refractivity (Wildman–Crippen MR) is 71.4 cm³/mol. The van der Waals surface area contributed by atoms with Crippen molar-refractivity contribution in [1.82, 2.24) is 0 Å². The minimum Gasteiger partial charge on any atom is -0.397 e. The van der Waals surface area contributed by atoms with Crippen LogP contribution in [0.4, 0.5) is 5.69 Å². The molecule has 0 radical (unpaired) electrons. The van der Waals surface area contributed by atoms with Gasteiger partial charge in [-0.3, -0.25) is 0 Å². The maximum absolute atomic E-state index is 6.05. The third-order valence-electron chi connectivity index (χ3n) is 2.53. The molecule has 0 atom stereocenters. The summed E-state index contributed by atoms with van der Waals surface area (Å²) < 4.78 is 3.43. The van der Waals surface area contributed by atoms with Crippen molar-refractivity contribution in [3.8, 4) is 0 Å². The zero-order chi connectivity index (χ0) is 10.4. The van der Waals surface area contributed by atoms with E-state index in [9.17, 15) is 0 Å². The monoisotopic (exact) mass is 277 g/mol. The normalized spacial score (nSPS) is 11.3. The molecule has 2 N–H and O–H groups in total. The fourth-order valence-electron chi connectivity index (χ4n) is 1.79. The molecule has 0 saturated carbocycles. The van der Waals surface area contributed by atoms with E-state index >= 15 is 0 Å². The van der Waals surface area contributed by atoms with Crippen molar-refractivity contribution in [3.63, 3.8) is 0 Å². The molecule has 0 bridgehead atoms. The van der Waals surface area contributed by atoms with Crippen LogP contribution in [0.25, 0.3) is 20.2 Å². The largest absolute Gasteiger partial charge is 0.397 e. The molecule has 0 fully saturated rings. The zero-order valence-electron chi connectivity index (χ0n) is 7.83. The second-order valence-electron chi connectivity index (χ2n) is 3.44. The Labute approximate surface area is 99.6 Å². The second-order valence-corrected chi connectivity index (χ2v) is 5.34. The number of fused-ring (bicyclic) bond motifs is 3. The Morgan fingerprint density at radius 1 is 1.00 bits per heavy atom. The third kappa shape index (κ3) is 1.27. The topological polar surface area (TPSA) is 26.0 Å². The summed E-state index contributed by atoms with van der Waals surface area (Å²) in [5.74, 6) is 0. The molecule has 2 aromatic carbocycles. The lowest BCUT2D eigenvalue weighted by atomic mass is 10.1. The van der Waals surface area contributed by atoms with E-state index in [1.165, 1.54) is 20.2 Å². The third-order valence-corrected chi connectivity index (χ3v) is 4.44. The first-order valence-electron chi connectivity index (χ1n) is 4.62. The molecule has 0 unspecified atom stereocenters. The lowest BCUT2D eigenvalue weighted by molar-refractivity contribution is 1.74. The summed E-state index contributed by atoms with van der Waals surface area (Å²) in [5.41, 5.74) is 6.89. The summed E-state index contributed by atoms with van der Waals surface area (Å²) in [6.45, 7) is 0. The highest BCUT2D eigenvalue weighted by atomic mass is 79.9. The van der Waals surface area contributed by atoms with E-state index in [4.69, 9.17) is 5.73 Å². The van der Waals surface area contributed by atoms with Gasteiger partial charge in [-0.2, -0.15) is 0 Å². The number of rotatable bonds is 0. The van der Waals surface area contributed by atoms with E-state index in [1.807, 2.05) is 6.07 Å². The number of hydrogen-bond acceptors (Lipinski definition) is 2. The number of hydrogen-bond donors (Lipinski definition) is 1. The van der Waals surface area contributed by atoms with Gasteiger partial charge >= 0.3 is 0 Å². The van der Waals surface area contributed by atoms with Crippen LogP contribution in [0.5, 0.6) is 0 Å². The lowest BCUT2D eigenvalue weighted by Crippen LogP contribution is -1.85. The fourth-order valence-corrected chi connectivity index (χ4v) is 3.41. The standard InChI is InChI=1S/C12H8BrNS/c13-9-6-5-8-7-3-1-2-4-10(7)15-12(8)11(9)14/h1-6H,14H2. The van der Waals surface area contributed by atoms with Gasteiger partial charge in [0.15, 0.2) is 0 Å². The van der Waals surface area contributed by atoms with Crippen LogP contribution in [-0.2, 0) is 0 Å². The Kier molecular flexibility index (Phi) is 1.97. The van der Waals surface area contributed by atoms with Crippen LogP contribution in [0.3, 0.4) is 0 Å². The zero-order valence-corrected chi connectivity index (χ0v) is 10.2. The quantitative estimate of drug-likeness (QED) is 0.606.